The summed E-state index contributed by atoms with van der Waals surface area (Å²) in [5.41, 5.74) is 7.19. The quantitative estimate of drug-likeness (QED) is 0.881. The first kappa shape index (κ1) is 14.3. The Hall–Kier alpha value is -2.07. The number of hydrogen-bond donors (Lipinski definition) is 1. The van der Waals surface area contributed by atoms with Crippen LogP contribution in [0.15, 0.2) is 42.5 Å². The van der Waals surface area contributed by atoms with Gasteiger partial charge < -0.3 is 15.2 Å². The molecule has 0 bridgehead atoms. The fourth-order valence-electron chi connectivity index (χ4n) is 1.96. The minimum atomic E-state index is -0.370. The molecule has 0 heterocycles. The van der Waals surface area contributed by atoms with Gasteiger partial charge in [0.25, 0.3) is 0 Å². The van der Waals surface area contributed by atoms with Crippen LogP contribution in [-0.4, -0.2) is 13.7 Å². The van der Waals surface area contributed by atoms with E-state index < -0.39 is 0 Å². The Morgan fingerprint density at radius 3 is 2.60 bits per heavy atom. The minimum absolute atomic E-state index is 0.233. The van der Waals surface area contributed by atoms with Crippen LogP contribution in [0.5, 0.6) is 11.5 Å². The largest absolute Gasteiger partial charge is 0.496 e. The van der Waals surface area contributed by atoms with Crippen molar-refractivity contribution in [2.24, 2.45) is 5.73 Å². The molecule has 0 saturated heterocycles. The van der Waals surface area contributed by atoms with Gasteiger partial charge in [-0.25, -0.2) is 4.39 Å². The van der Waals surface area contributed by atoms with Crippen LogP contribution >= 0.6 is 0 Å². The summed E-state index contributed by atoms with van der Waals surface area (Å²) in [4.78, 5) is 0. The van der Waals surface area contributed by atoms with Crippen LogP contribution in [0.25, 0.3) is 0 Å². The van der Waals surface area contributed by atoms with E-state index in [0.717, 1.165) is 16.9 Å². The highest BCUT2D eigenvalue weighted by atomic mass is 19.1. The second-order valence-corrected chi connectivity index (χ2v) is 4.40. The Morgan fingerprint density at radius 2 is 1.90 bits per heavy atom. The average Bonchev–Trinajstić information content (AvgIpc) is 2.47. The lowest BCUT2D eigenvalue weighted by molar-refractivity contribution is 0.282. The van der Waals surface area contributed by atoms with Crippen molar-refractivity contribution in [3.63, 3.8) is 0 Å². The first-order chi connectivity index (χ1) is 9.74. The molecule has 0 aromatic heterocycles. The Bertz CT molecular complexity index is 572. The second kappa shape index (κ2) is 6.91. The van der Waals surface area contributed by atoms with Crippen molar-refractivity contribution in [1.29, 1.82) is 0 Å². The van der Waals surface area contributed by atoms with Crippen molar-refractivity contribution in [2.75, 3.05) is 13.7 Å². The van der Waals surface area contributed by atoms with Crippen LogP contribution in [0, 0.1) is 5.82 Å². The van der Waals surface area contributed by atoms with Crippen molar-refractivity contribution in [3.8, 4) is 11.5 Å². The number of para-hydroxylation sites is 1. The summed E-state index contributed by atoms with van der Waals surface area (Å²) in [5.74, 6) is 0.593. The number of rotatable bonds is 6. The van der Waals surface area contributed by atoms with Gasteiger partial charge in [-0.2, -0.15) is 0 Å². The maximum atomic E-state index is 13.9. The molecule has 0 aliphatic carbocycles. The summed E-state index contributed by atoms with van der Waals surface area (Å²) in [7, 11) is 1.60. The normalized spacial score (nSPS) is 10.3. The molecule has 0 atom stereocenters. The molecular weight excluding hydrogens is 257 g/mol. The molecule has 2 N–H and O–H groups in total. The molecule has 0 fully saturated rings. The number of halogens is 1. The first-order valence-corrected chi connectivity index (χ1v) is 6.47. The maximum Gasteiger partial charge on any atom is 0.165 e. The topological polar surface area (TPSA) is 44.5 Å². The second-order valence-electron chi connectivity index (χ2n) is 4.40. The molecule has 20 heavy (non-hydrogen) atoms. The van der Waals surface area contributed by atoms with Crippen LogP contribution in [0.1, 0.15) is 11.1 Å². The Morgan fingerprint density at radius 1 is 1.10 bits per heavy atom. The highest BCUT2D eigenvalue weighted by Crippen LogP contribution is 2.23. The van der Waals surface area contributed by atoms with Gasteiger partial charge >= 0.3 is 0 Å². The van der Waals surface area contributed by atoms with Crippen LogP contribution in [0.3, 0.4) is 0 Å². The summed E-state index contributed by atoms with van der Waals surface area (Å²) in [6.45, 7) is 0.762. The highest BCUT2D eigenvalue weighted by Gasteiger charge is 2.07. The molecule has 0 aliphatic heterocycles. The summed E-state index contributed by atoms with van der Waals surface area (Å²) in [5, 5.41) is 0. The zero-order chi connectivity index (χ0) is 14.4. The zero-order valence-corrected chi connectivity index (χ0v) is 11.4. The Labute approximate surface area is 118 Å². The SMILES string of the molecule is COc1ccccc1COc1ccc(CCN)cc1F. The van der Waals surface area contributed by atoms with Crippen LogP contribution < -0.4 is 15.2 Å². The monoisotopic (exact) mass is 275 g/mol. The Balaban J connectivity index is 2.07. The number of nitrogens with two attached hydrogens (primary N) is 1. The van der Waals surface area contributed by atoms with Gasteiger partial charge in [-0.15, -0.1) is 0 Å². The Kier molecular flexibility index (Phi) is 4.96. The summed E-state index contributed by atoms with van der Waals surface area (Å²) >= 11 is 0. The molecule has 2 aromatic carbocycles. The molecule has 0 aliphatic rings. The van der Waals surface area contributed by atoms with E-state index in [1.54, 1.807) is 13.2 Å². The van der Waals surface area contributed by atoms with Crippen molar-refractivity contribution in [3.05, 3.63) is 59.4 Å². The lowest BCUT2D eigenvalue weighted by atomic mass is 10.1. The van der Waals surface area contributed by atoms with Crippen molar-refractivity contribution in [1.82, 2.24) is 0 Å². The lowest BCUT2D eigenvalue weighted by Crippen LogP contribution is -2.04. The lowest BCUT2D eigenvalue weighted by Gasteiger charge is -2.11. The van der Waals surface area contributed by atoms with Crippen LogP contribution in [-0.2, 0) is 13.0 Å². The van der Waals surface area contributed by atoms with Crippen molar-refractivity contribution < 1.29 is 13.9 Å². The first-order valence-electron chi connectivity index (χ1n) is 6.47. The van der Waals surface area contributed by atoms with E-state index in [2.05, 4.69) is 0 Å². The molecule has 2 aromatic rings. The molecule has 4 heteroatoms. The van der Waals surface area contributed by atoms with Gasteiger partial charge in [-0.1, -0.05) is 24.3 Å². The fraction of sp³-hybridized carbons (Fsp3) is 0.250. The van der Waals surface area contributed by atoms with Crippen LogP contribution in [0.4, 0.5) is 4.39 Å². The zero-order valence-electron chi connectivity index (χ0n) is 11.4. The summed E-state index contributed by atoms with van der Waals surface area (Å²) in [6, 6.07) is 12.4. The summed E-state index contributed by atoms with van der Waals surface area (Å²) in [6.07, 6.45) is 0.656. The van der Waals surface area contributed by atoms with E-state index in [1.807, 2.05) is 30.3 Å². The molecule has 0 amide bonds. The van der Waals surface area contributed by atoms with Crippen LogP contribution in [0.2, 0.25) is 0 Å². The maximum absolute atomic E-state index is 13.9. The molecule has 0 unspecified atom stereocenters. The highest BCUT2D eigenvalue weighted by molar-refractivity contribution is 5.34. The number of hydrogen-bond acceptors (Lipinski definition) is 3. The van der Waals surface area contributed by atoms with Gasteiger partial charge in [0.1, 0.15) is 12.4 Å². The van der Waals surface area contributed by atoms with Crippen molar-refractivity contribution in [2.45, 2.75) is 13.0 Å². The van der Waals surface area contributed by atoms with E-state index in [1.165, 1.54) is 6.07 Å². The number of benzene rings is 2. The fourth-order valence-corrected chi connectivity index (χ4v) is 1.96. The van der Waals surface area contributed by atoms with E-state index >= 15 is 0 Å². The molecule has 2 rings (SSSR count). The third kappa shape index (κ3) is 3.48. The van der Waals surface area contributed by atoms with E-state index in [0.29, 0.717) is 13.0 Å². The third-order valence-electron chi connectivity index (χ3n) is 3.01. The van der Waals surface area contributed by atoms with Crippen molar-refractivity contribution >= 4 is 0 Å². The van der Waals surface area contributed by atoms with Gasteiger partial charge in [-0.3, -0.25) is 0 Å². The van der Waals surface area contributed by atoms with Gasteiger partial charge in [0.05, 0.1) is 7.11 Å². The van der Waals surface area contributed by atoms with Gasteiger partial charge in [-0.05, 0) is 36.7 Å². The molecule has 0 radical (unpaired) electrons. The van der Waals surface area contributed by atoms with Gasteiger partial charge in [0, 0.05) is 5.56 Å². The third-order valence-corrected chi connectivity index (χ3v) is 3.01. The number of methoxy groups -OCH3 is 1. The standard InChI is InChI=1S/C16H18FNO2/c1-19-15-5-3-2-4-13(15)11-20-16-7-6-12(8-9-18)10-14(16)17/h2-7,10H,8-9,11,18H2,1H3. The molecule has 3 nitrogen and oxygen atoms in total. The van der Waals surface area contributed by atoms with Gasteiger partial charge in [0.15, 0.2) is 11.6 Å². The smallest absolute Gasteiger partial charge is 0.165 e. The van der Waals surface area contributed by atoms with E-state index in [9.17, 15) is 4.39 Å². The van der Waals surface area contributed by atoms with E-state index in [-0.39, 0.29) is 18.2 Å². The molecule has 0 spiro atoms. The number of ether oxygens (including phenoxy) is 2. The van der Waals surface area contributed by atoms with Gasteiger partial charge in [0.2, 0.25) is 0 Å². The van der Waals surface area contributed by atoms with E-state index in [4.69, 9.17) is 15.2 Å². The molecular formula is C16H18FNO2. The predicted molar refractivity (Wildman–Crippen MR) is 76.5 cm³/mol. The average molecular weight is 275 g/mol. The summed E-state index contributed by atoms with van der Waals surface area (Å²) < 4.78 is 24.6. The molecule has 0 saturated carbocycles. The predicted octanol–water partition coefficient (Wildman–Crippen LogP) is 2.91. The minimum Gasteiger partial charge on any atom is -0.496 e. The molecule has 106 valence electrons.